The number of amides is 2. The Labute approximate surface area is 226 Å². The second kappa shape index (κ2) is 11.1. The van der Waals surface area contributed by atoms with Crippen LogP contribution in [-0.2, 0) is 30.6 Å². The number of nitrogens with one attached hydrogen (secondary N) is 1. The van der Waals surface area contributed by atoms with Gasteiger partial charge in [0.2, 0.25) is 0 Å². The average Bonchev–Trinajstić information content (AvgIpc) is 3.60. The predicted octanol–water partition coefficient (Wildman–Crippen LogP) is 0.707. The number of fused-ring (bicyclic) bond motifs is 1. The molecule has 5 rings (SSSR count). The van der Waals surface area contributed by atoms with Gasteiger partial charge in [-0.2, -0.15) is 0 Å². The molecule has 0 aliphatic carbocycles. The van der Waals surface area contributed by atoms with Crippen molar-refractivity contribution in [3.8, 4) is 0 Å². The Bertz CT molecular complexity index is 1410. The molecule has 1 saturated heterocycles. The molecule has 0 spiro atoms. The van der Waals surface area contributed by atoms with E-state index in [9.17, 15) is 19.5 Å². The number of aliphatic carboxylic acids is 1. The molecular formula is C21H18N8O6S3. The van der Waals surface area contributed by atoms with Gasteiger partial charge in [0.1, 0.15) is 42.3 Å². The quantitative estimate of drug-likeness (QED) is 0.133. The minimum atomic E-state index is -1.31. The third-order valence-corrected chi connectivity index (χ3v) is 7.96. The van der Waals surface area contributed by atoms with Crippen molar-refractivity contribution in [3.63, 3.8) is 0 Å². The summed E-state index contributed by atoms with van der Waals surface area (Å²) in [6.45, 7) is 0.0598. The number of thioether (sulfide) groups is 1. The Balaban J connectivity index is 1.30. The van der Waals surface area contributed by atoms with Crippen LogP contribution in [0.1, 0.15) is 11.3 Å². The summed E-state index contributed by atoms with van der Waals surface area (Å²) in [4.78, 5) is 52.7. The molecule has 2 unspecified atom stereocenters. The summed E-state index contributed by atoms with van der Waals surface area (Å²) in [6, 6.07) is 1.71. The zero-order valence-corrected chi connectivity index (χ0v) is 21.7. The number of pyridine rings is 1. The number of oxime groups is 1. The molecule has 0 saturated carbocycles. The molecule has 17 heteroatoms. The average molecular weight is 575 g/mol. The summed E-state index contributed by atoms with van der Waals surface area (Å²) in [5, 5.41) is 25.7. The number of nitrogen functional groups attached to an aromatic ring is 1. The first kappa shape index (κ1) is 25.6. The lowest BCUT2D eigenvalue weighted by atomic mass is 9.92. The van der Waals surface area contributed by atoms with E-state index in [0.29, 0.717) is 4.34 Å². The topological polar surface area (TPSA) is 195 Å². The van der Waals surface area contributed by atoms with Gasteiger partial charge in [0.25, 0.3) is 11.8 Å². The number of hydrogen-bond acceptors (Lipinski definition) is 14. The molecular weight excluding hydrogens is 556 g/mol. The Morgan fingerprint density at radius 1 is 1.34 bits per heavy atom. The van der Waals surface area contributed by atoms with Gasteiger partial charge < -0.3 is 25.7 Å². The number of hydrogen-bond donors (Lipinski definition) is 3. The lowest BCUT2D eigenvalue weighted by molar-refractivity contribution is -0.160. The van der Waals surface area contributed by atoms with Crippen molar-refractivity contribution in [2.75, 3.05) is 18.1 Å². The summed E-state index contributed by atoms with van der Waals surface area (Å²) in [6.07, 6.45) is 3.19. The first-order chi connectivity index (χ1) is 18.4. The largest absolute Gasteiger partial charge is 0.492 e. The van der Waals surface area contributed by atoms with Gasteiger partial charge >= 0.3 is 5.97 Å². The van der Waals surface area contributed by atoms with E-state index in [2.05, 4.69) is 30.6 Å². The Morgan fingerprint density at radius 3 is 2.84 bits per heavy atom. The normalized spacial score (nSPS) is 18.9. The van der Waals surface area contributed by atoms with E-state index in [1.165, 1.54) is 28.5 Å². The number of carbonyl (C=O) groups is 3. The SMILES string of the molecule is Nc1nc(/C(=N/OCc2ccncc2)C(=O)NC2C(=O)N3C(C(=O)O)=C(CSc4nncs4)OCC23)cs1. The van der Waals surface area contributed by atoms with E-state index in [4.69, 9.17) is 15.3 Å². The highest BCUT2D eigenvalue weighted by Gasteiger charge is 2.55. The summed E-state index contributed by atoms with van der Waals surface area (Å²) >= 11 is 3.66. The highest BCUT2D eigenvalue weighted by atomic mass is 32.2. The van der Waals surface area contributed by atoms with Crippen molar-refractivity contribution >= 4 is 63.1 Å². The van der Waals surface area contributed by atoms with Crippen molar-refractivity contribution in [2.45, 2.75) is 23.0 Å². The summed E-state index contributed by atoms with van der Waals surface area (Å²) < 4.78 is 6.34. The van der Waals surface area contributed by atoms with Crippen molar-refractivity contribution in [1.29, 1.82) is 0 Å². The number of aromatic nitrogens is 4. The highest BCUT2D eigenvalue weighted by molar-refractivity contribution is 8.01. The van der Waals surface area contributed by atoms with Crippen molar-refractivity contribution in [2.24, 2.45) is 5.16 Å². The van der Waals surface area contributed by atoms with Crippen LogP contribution in [0.4, 0.5) is 5.13 Å². The number of nitrogens with two attached hydrogens (primary N) is 1. The zero-order chi connectivity index (χ0) is 26.6. The third kappa shape index (κ3) is 5.29. The van der Waals surface area contributed by atoms with Gasteiger partial charge in [-0.1, -0.05) is 28.3 Å². The molecule has 0 bridgehead atoms. The maximum atomic E-state index is 13.2. The van der Waals surface area contributed by atoms with Crippen LogP contribution >= 0.6 is 34.4 Å². The van der Waals surface area contributed by atoms with Crippen molar-refractivity contribution < 1.29 is 29.1 Å². The Kier molecular flexibility index (Phi) is 7.47. The molecule has 3 aromatic heterocycles. The number of nitrogens with zero attached hydrogens (tertiary/aromatic N) is 6. The van der Waals surface area contributed by atoms with Crippen LogP contribution in [0.3, 0.4) is 0 Å². The standard InChI is InChI=1S/C21H18N8O6S3/c22-20-25-11(7-36-20)14(28-35-5-10-1-3-23-4-2-10)17(30)26-15-12-6-34-13(8-37-21-27-24-9-38-21)16(19(32)33)29(12)18(15)31/h1-4,7,9,12,15H,5-6,8H2,(H2,22,25)(H,26,30)(H,32,33)/b28-14-. The number of ether oxygens (including phenoxy) is 1. The molecule has 196 valence electrons. The van der Waals surface area contributed by atoms with E-state index < -0.39 is 29.9 Å². The van der Waals surface area contributed by atoms with Gasteiger partial charge in [-0.25, -0.2) is 9.78 Å². The molecule has 4 N–H and O–H groups in total. The van der Waals surface area contributed by atoms with Gasteiger partial charge in [0.15, 0.2) is 20.9 Å². The Hall–Kier alpha value is -4.09. The van der Waals surface area contributed by atoms with Crippen molar-refractivity contribution in [3.05, 3.63) is 58.1 Å². The third-order valence-electron chi connectivity index (χ3n) is 5.43. The minimum Gasteiger partial charge on any atom is -0.492 e. The van der Waals surface area contributed by atoms with Gasteiger partial charge in [-0.3, -0.25) is 19.5 Å². The molecule has 5 heterocycles. The van der Waals surface area contributed by atoms with Gasteiger partial charge in [0.05, 0.1) is 5.75 Å². The number of β-lactam (4-membered cyclic amide) rings is 1. The van der Waals surface area contributed by atoms with Crippen LogP contribution in [0.5, 0.6) is 0 Å². The highest BCUT2D eigenvalue weighted by Crippen LogP contribution is 2.35. The Morgan fingerprint density at radius 2 is 2.16 bits per heavy atom. The van der Waals surface area contributed by atoms with Crippen LogP contribution < -0.4 is 11.1 Å². The molecule has 3 aromatic rings. The van der Waals surface area contributed by atoms with E-state index in [1.54, 1.807) is 30.0 Å². The smallest absolute Gasteiger partial charge is 0.356 e. The second-order valence-corrected chi connectivity index (χ2v) is 10.7. The molecule has 2 aliphatic heterocycles. The molecule has 2 amide bonds. The molecule has 2 atom stereocenters. The maximum absolute atomic E-state index is 13.2. The van der Waals surface area contributed by atoms with Crippen LogP contribution in [0.25, 0.3) is 0 Å². The first-order valence-electron chi connectivity index (χ1n) is 10.8. The number of rotatable bonds is 10. The zero-order valence-electron chi connectivity index (χ0n) is 19.2. The van der Waals surface area contributed by atoms with Gasteiger partial charge in [-0.05, 0) is 17.7 Å². The van der Waals surface area contributed by atoms with E-state index in [1.807, 2.05) is 0 Å². The van der Waals surface area contributed by atoms with E-state index in [0.717, 1.165) is 21.8 Å². The van der Waals surface area contributed by atoms with E-state index >= 15 is 0 Å². The second-order valence-electron chi connectivity index (χ2n) is 7.75. The molecule has 0 aromatic carbocycles. The fourth-order valence-electron chi connectivity index (χ4n) is 3.68. The lowest BCUT2D eigenvalue weighted by Crippen LogP contribution is -2.73. The van der Waals surface area contributed by atoms with Crippen LogP contribution in [0, 0.1) is 0 Å². The predicted molar refractivity (Wildman–Crippen MR) is 136 cm³/mol. The summed E-state index contributed by atoms with van der Waals surface area (Å²) in [7, 11) is 0. The number of carboxylic acid groups (broad SMARTS) is 1. The monoisotopic (exact) mass is 574 g/mol. The summed E-state index contributed by atoms with van der Waals surface area (Å²) in [5.74, 6) is -2.35. The number of thiazole rings is 1. The first-order valence-corrected chi connectivity index (χ1v) is 13.6. The minimum absolute atomic E-state index is 0.00581. The molecule has 1 fully saturated rings. The number of anilines is 1. The molecule has 38 heavy (non-hydrogen) atoms. The van der Waals surface area contributed by atoms with Crippen LogP contribution in [-0.4, -0.2) is 78.1 Å². The van der Waals surface area contributed by atoms with Gasteiger partial charge in [0, 0.05) is 17.8 Å². The van der Waals surface area contributed by atoms with Crippen LogP contribution in [0.15, 0.2) is 56.4 Å². The fourth-order valence-corrected chi connectivity index (χ4v) is 5.67. The molecule has 0 radical (unpaired) electrons. The fraction of sp³-hybridized carbons (Fsp3) is 0.238. The molecule has 2 aliphatic rings. The van der Waals surface area contributed by atoms with Crippen molar-refractivity contribution in [1.82, 2.24) is 30.4 Å². The van der Waals surface area contributed by atoms with Gasteiger partial charge in [-0.15, -0.1) is 21.5 Å². The summed E-state index contributed by atoms with van der Waals surface area (Å²) in [5.41, 5.74) is 7.78. The molecule has 14 nitrogen and oxygen atoms in total. The lowest BCUT2D eigenvalue weighted by Gasteiger charge is -2.49. The van der Waals surface area contributed by atoms with E-state index in [-0.39, 0.29) is 47.0 Å². The van der Waals surface area contributed by atoms with Crippen LogP contribution in [0.2, 0.25) is 0 Å². The maximum Gasteiger partial charge on any atom is 0.356 e. The number of carbonyl (C=O) groups excluding carboxylic acids is 2. The number of carboxylic acids is 1.